The molecule has 3 rings (SSSR count). The van der Waals surface area contributed by atoms with Crippen molar-refractivity contribution in [2.75, 3.05) is 0 Å². The summed E-state index contributed by atoms with van der Waals surface area (Å²) in [7, 11) is 2.71. The van der Waals surface area contributed by atoms with Gasteiger partial charge in [-0.1, -0.05) is 16.8 Å². The number of halogens is 2. The molecule has 1 atom stereocenters. The number of nitrogens with zero attached hydrogens (tertiary/aromatic N) is 4. The predicted octanol–water partition coefficient (Wildman–Crippen LogP) is 2.64. The lowest BCUT2D eigenvalue weighted by molar-refractivity contribution is -0.151. The molecule has 166 valence electrons. The summed E-state index contributed by atoms with van der Waals surface area (Å²) in [5, 5.41) is 3.67. The van der Waals surface area contributed by atoms with E-state index in [1.807, 2.05) is 0 Å². The zero-order valence-electron chi connectivity index (χ0n) is 17.1. The quantitative estimate of drug-likeness (QED) is 0.378. The van der Waals surface area contributed by atoms with Crippen molar-refractivity contribution in [3.05, 3.63) is 48.7 Å². The van der Waals surface area contributed by atoms with Gasteiger partial charge in [0.05, 0.1) is 16.4 Å². The van der Waals surface area contributed by atoms with Crippen LogP contribution >= 0.6 is 23.8 Å². The lowest BCUT2D eigenvalue weighted by atomic mass is 10.2. The van der Waals surface area contributed by atoms with Gasteiger partial charge < -0.3 is 9.57 Å². The van der Waals surface area contributed by atoms with E-state index in [0.29, 0.717) is 4.57 Å². The van der Waals surface area contributed by atoms with Crippen molar-refractivity contribution < 1.29 is 18.8 Å². The molecule has 2 aromatic rings. The van der Waals surface area contributed by atoms with Gasteiger partial charge in [-0.05, 0) is 50.9 Å². The molecule has 1 fully saturated rings. The van der Waals surface area contributed by atoms with Crippen LogP contribution in [0.15, 0.2) is 26.9 Å². The molecule has 1 unspecified atom stereocenters. The van der Waals surface area contributed by atoms with Crippen LogP contribution in [0.1, 0.15) is 32.6 Å². The Kier molecular flexibility index (Phi) is 6.75. The summed E-state index contributed by atoms with van der Waals surface area (Å²) in [6, 6.07) is 1.95. The number of rotatable bonds is 5. The summed E-state index contributed by atoms with van der Waals surface area (Å²) >= 11 is 11.1. The minimum absolute atomic E-state index is 0.0302. The topological polar surface area (TPSA) is 96.8 Å². The van der Waals surface area contributed by atoms with E-state index in [4.69, 9.17) is 33.4 Å². The highest BCUT2D eigenvalue weighted by molar-refractivity contribution is 7.71. The van der Waals surface area contributed by atoms with Gasteiger partial charge >= 0.3 is 17.3 Å². The van der Waals surface area contributed by atoms with E-state index in [1.54, 1.807) is 0 Å². The molecule has 0 bridgehead atoms. The number of hydrogen-bond donors (Lipinski definition) is 0. The first-order valence-electron chi connectivity index (χ1n) is 9.43. The van der Waals surface area contributed by atoms with Gasteiger partial charge in [0.2, 0.25) is 0 Å². The zero-order chi connectivity index (χ0) is 22.9. The molecule has 0 spiro atoms. The molecular weight excluding hydrogens is 451 g/mol. The average molecular weight is 471 g/mol. The molecule has 0 radical (unpaired) electrons. The van der Waals surface area contributed by atoms with Crippen LogP contribution in [-0.2, 0) is 23.7 Å². The summed E-state index contributed by atoms with van der Waals surface area (Å²) < 4.78 is 22.8. The fourth-order valence-corrected chi connectivity index (χ4v) is 3.40. The van der Waals surface area contributed by atoms with Gasteiger partial charge in [0.25, 0.3) is 0 Å². The molecule has 31 heavy (non-hydrogen) atoms. The first-order valence-corrected chi connectivity index (χ1v) is 10.2. The molecule has 0 saturated heterocycles. The van der Waals surface area contributed by atoms with Crippen LogP contribution in [0.5, 0.6) is 5.75 Å². The monoisotopic (exact) mass is 470 g/mol. The van der Waals surface area contributed by atoms with Gasteiger partial charge in [0.15, 0.2) is 10.9 Å². The molecule has 0 N–H and O–H groups in total. The average Bonchev–Trinajstić information content (AvgIpc) is 3.25. The van der Waals surface area contributed by atoms with Crippen molar-refractivity contribution in [1.29, 1.82) is 0 Å². The van der Waals surface area contributed by atoms with Gasteiger partial charge in [-0.2, -0.15) is 0 Å². The fraction of sp³-hybridized carbons (Fsp3) is 0.421. The summed E-state index contributed by atoms with van der Waals surface area (Å²) in [5.41, 5.74) is -1.29. The summed E-state index contributed by atoms with van der Waals surface area (Å²) in [6.45, 7) is 1.41. The Morgan fingerprint density at radius 3 is 2.35 bits per heavy atom. The van der Waals surface area contributed by atoms with Crippen LogP contribution in [0.4, 0.5) is 4.39 Å². The summed E-state index contributed by atoms with van der Waals surface area (Å²) in [5.74, 6) is -1.82. The highest BCUT2D eigenvalue weighted by Crippen LogP contribution is 2.30. The van der Waals surface area contributed by atoms with E-state index in [0.717, 1.165) is 52.7 Å². The Labute approximate surface area is 186 Å². The first-order chi connectivity index (χ1) is 14.6. The number of aromatic nitrogens is 3. The van der Waals surface area contributed by atoms with E-state index in [1.165, 1.54) is 21.0 Å². The van der Waals surface area contributed by atoms with Gasteiger partial charge in [0, 0.05) is 20.2 Å². The van der Waals surface area contributed by atoms with E-state index in [9.17, 15) is 18.8 Å². The number of carbonyl (C=O) groups is 1. The van der Waals surface area contributed by atoms with Crippen molar-refractivity contribution in [3.63, 3.8) is 0 Å². The molecule has 1 aromatic carbocycles. The molecule has 0 aliphatic heterocycles. The lowest BCUT2D eigenvalue weighted by Crippen LogP contribution is -2.43. The van der Waals surface area contributed by atoms with Crippen molar-refractivity contribution >= 4 is 35.5 Å². The normalized spacial score (nSPS) is 14.4. The second kappa shape index (κ2) is 9.15. The first kappa shape index (κ1) is 22.9. The van der Waals surface area contributed by atoms with E-state index in [2.05, 4.69) is 5.16 Å². The van der Waals surface area contributed by atoms with Gasteiger partial charge in [-0.15, -0.1) is 0 Å². The van der Waals surface area contributed by atoms with Crippen molar-refractivity contribution in [2.24, 2.45) is 19.3 Å². The van der Waals surface area contributed by atoms with Gasteiger partial charge in [0.1, 0.15) is 11.6 Å². The fourth-order valence-electron chi connectivity index (χ4n) is 3.05. The third-order valence-corrected chi connectivity index (χ3v) is 5.70. The lowest BCUT2D eigenvalue weighted by Gasteiger charge is -2.16. The van der Waals surface area contributed by atoms with Gasteiger partial charge in [-0.3, -0.25) is 9.13 Å². The maximum absolute atomic E-state index is 14.6. The minimum atomic E-state index is -1.13. The summed E-state index contributed by atoms with van der Waals surface area (Å²) in [4.78, 5) is 42.2. The van der Waals surface area contributed by atoms with Crippen molar-refractivity contribution in [3.8, 4) is 11.4 Å². The van der Waals surface area contributed by atoms with Crippen LogP contribution in [-0.4, -0.2) is 31.5 Å². The molecule has 1 aliphatic rings. The zero-order valence-corrected chi connectivity index (χ0v) is 18.6. The van der Waals surface area contributed by atoms with Crippen LogP contribution in [0.3, 0.4) is 0 Å². The SMILES string of the molecule is CC(Oc1cc(-n2c(=O)n(C)c(=S)n(C)c2=O)c(F)cc1Cl)C(=O)ON=C1CCCC1. The Morgan fingerprint density at radius 2 is 1.77 bits per heavy atom. The largest absolute Gasteiger partial charge is 0.477 e. The third-order valence-electron chi connectivity index (χ3n) is 4.85. The molecule has 1 aromatic heterocycles. The molecule has 1 aliphatic carbocycles. The minimum Gasteiger partial charge on any atom is -0.477 e. The predicted molar refractivity (Wildman–Crippen MR) is 114 cm³/mol. The van der Waals surface area contributed by atoms with E-state index < -0.39 is 35.0 Å². The summed E-state index contributed by atoms with van der Waals surface area (Å²) in [6.07, 6.45) is 2.42. The molecule has 12 heteroatoms. The standard InChI is InChI=1S/C19H20ClFN4O5S/c1-10(16(26)30-22-11-6-4-5-7-11)29-15-9-14(13(21)8-12(15)20)25-17(27)23(2)19(31)24(3)18(25)28/h8-10H,4-7H2,1-3H3. The maximum atomic E-state index is 14.6. The highest BCUT2D eigenvalue weighted by Gasteiger charge is 2.22. The molecule has 1 heterocycles. The second-order valence-corrected chi connectivity index (χ2v) is 7.84. The number of benzene rings is 1. The van der Waals surface area contributed by atoms with E-state index in [-0.39, 0.29) is 15.5 Å². The van der Waals surface area contributed by atoms with Gasteiger partial charge in [-0.25, -0.2) is 23.3 Å². The Bertz CT molecular complexity index is 1200. The molecule has 9 nitrogen and oxygen atoms in total. The van der Waals surface area contributed by atoms with Crippen LogP contribution in [0, 0.1) is 10.6 Å². The highest BCUT2D eigenvalue weighted by atomic mass is 35.5. The van der Waals surface area contributed by atoms with Crippen LogP contribution in [0.2, 0.25) is 5.02 Å². The third kappa shape index (κ3) is 4.62. The maximum Gasteiger partial charge on any atom is 0.374 e. The number of oxime groups is 1. The van der Waals surface area contributed by atoms with Crippen LogP contribution < -0.4 is 16.1 Å². The van der Waals surface area contributed by atoms with Crippen LogP contribution in [0.25, 0.3) is 5.69 Å². The molecular formula is C19H20ClFN4O5S. The smallest absolute Gasteiger partial charge is 0.374 e. The second-order valence-electron chi connectivity index (χ2n) is 7.07. The Balaban J connectivity index is 1.95. The Hall–Kier alpha value is -2.79. The van der Waals surface area contributed by atoms with Crippen molar-refractivity contribution in [1.82, 2.24) is 13.7 Å². The van der Waals surface area contributed by atoms with E-state index >= 15 is 0 Å². The number of carbonyl (C=O) groups excluding carboxylic acids is 1. The Morgan fingerprint density at radius 1 is 1.19 bits per heavy atom. The molecule has 1 saturated carbocycles. The number of hydrogen-bond acceptors (Lipinski definition) is 7. The number of ether oxygens (including phenoxy) is 1. The molecule has 0 amide bonds. The van der Waals surface area contributed by atoms with Crippen molar-refractivity contribution in [2.45, 2.75) is 38.7 Å².